The molecule has 6 heteroatoms. The van der Waals surface area contributed by atoms with Gasteiger partial charge in [-0.05, 0) is 6.07 Å². The Balaban J connectivity index is 2.39. The van der Waals surface area contributed by atoms with E-state index in [1.807, 2.05) is 12.1 Å². The molecule has 0 aliphatic heterocycles. The molecule has 0 aromatic carbocycles. The predicted molar refractivity (Wildman–Crippen MR) is 57.7 cm³/mol. The van der Waals surface area contributed by atoms with Crippen molar-refractivity contribution >= 4 is 5.91 Å². The lowest BCUT2D eigenvalue weighted by atomic mass is 10.3. The highest BCUT2D eigenvalue weighted by molar-refractivity contribution is 5.78. The lowest BCUT2D eigenvalue weighted by molar-refractivity contribution is -0.125. The van der Waals surface area contributed by atoms with Gasteiger partial charge in [0.2, 0.25) is 11.8 Å². The van der Waals surface area contributed by atoms with Crippen molar-refractivity contribution in [2.45, 2.75) is 12.6 Å². The molecule has 6 nitrogen and oxygen atoms in total. The molecule has 1 unspecified atom stereocenters. The molecule has 16 heavy (non-hydrogen) atoms. The van der Waals surface area contributed by atoms with E-state index in [0.29, 0.717) is 12.4 Å². The molecule has 0 spiro atoms. The monoisotopic (exact) mass is 225 g/mol. The number of aromatic nitrogens is 1. The van der Waals surface area contributed by atoms with Gasteiger partial charge >= 0.3 is 0 Å². The zero-order valence-electron chi connectivity index (χ0n) is 9.01. The number of nitrogens with zero attached hydrogens (tertiary/aromatic N) is 1. The molecule has 0 aliphatic carbocycles. The van der Waals surface area contributed by atoms with E-state index in [9.17, 15) is 4.79 Å². The third-order valence-corrected chi connectivity index (χ3v) is 1.96. The topological polar surface area (TPSA) is 97.5 Å². The molecule has 1 heterocycles. The van der Waals surface area contributed by atoms with Crippen LogP contribution in [0.25, 0.3) is 0 Å². The molecular formula is C10H15N3O3. The predicted octanol–water partition coefficient (Wildman–Crippen LogP) is -0.974. The number of pyridine rings is 1. The second kappa shape index (κ2) is 6.04. The van der Waals surface area contributed by atoms with Gasteiger partial charge < -0.3 is 20.9 Å². The van der Waals surface area contributed by atoms with E-state index < -0.39 is 12.0 Å². The first-order chi connectivity index (χ1) is 7.63. The van der Waals surface area contributed by atoms with Crippen LogP contribution in [0.3, 0.4) is 0 Å². The van der Waals surface area contributed by atoms with Gasteiger partial charge in [-0.25, -0.2) is 4.98 Å². The summed E-state index contributed by atoms with van der Waals surface area (Å²) in [4.78, 5) is 14.7. The molecule has 1 amide bonds. The number of nitrogens with two attached hydrogens (primary N) is 1. The number of hydrogen-bond donors (Lipinski definition) is 3. The molecule has 4 N–H and O–H groups in total. The molecule has 0 radical (unpaired) electrons. The van der Waals surface area contributed by atoms with Gasteiger partial charge in [0.1, 0.15) is 6.10 Å². The average Bonchev–Trinajstić information content (AvgIpc) is 2.29. The van der Waals surface area contributed by atoms with E-state index >= 15 is 0 Å². The highest BCUT2D eigenvalue weighted by Gasteiger charge is 2.09. The van der Waals surface area contributed by atoms with Gasteiger partial charge in [0, 0.05) is 19.2 Å². The molecule has 1 rings (SSSR count). The lowest BCUT2D eigenvalue weighted by Gasteiger charge is -2.08. The maximum atomic E-state index is 10.5. The molecule has 0 saturated heterocycles. The summed E-state index contributed by atoms with van der Waals surface area (Å²) in [6, 6.07) is 5.36. The Morgan fingerprint density at radius 3 is 3.06 bits per heavy atom. The molecule has 0 saturated carbocycles. The first kappa shape index (κ1) is 12.4. The minimum Gasteiger partial charge on any atom is -0.481 e. The second-order valence-electron chi connectivity index (χ2n) is 3.22. The number of methoxy groups -OCH3 is 1. The van der Waals surface area contributed by atoms with Crippen LogP contribution in [0.5, 0.6) is 5.88 Å². The van der Waals surface area contributed by atoms with Crippen molar-refractivity contribution in [1.82, 2.24) is 10.3 Å². The number of carbonyl (C=O) groups excluding carboxylic acids is 1. The van der Waals surface area contributed by atoms with Gasteiger partial charge in [0.05, 0.1) is 12.8 Å². The minimum atomic E-state index is -1.18. The van der Waals surface area contributed by atoms with Crippen molar-refractivity contribution in [3.63, 3.8) is 0 Å². The molecule has 1 aromatic heterocycles. The molecule has 0 bridgehead atoms. The summed E-state index contributed by atoms with van der Waals surface area (Å²) in [5.41, 5.74) is 5.66. The van der Waals surface area contributed by atoms with Crippen molar-refractivity contribution in [3.8, 4) is 5.88 Å². The van der Waals surface area contributed by atoms with Gasteiger partial charge in [0.25, 0.3) is 0 Å². The van der Waals surface area contributed by atoms with Crippen LogP contribution in [0, 0.1) is 0 Å². The Labute approximate surface area is 93.4 Å². The number of carbonyl (C=O) groups is 1. The van der Waals surface area contributed by atoms with Gasteiger partial charge in [0.15, 0.2) is 0 Å². The maximum absolute atomic E-state index is 10.5. The fourth-order valence-electron chi connectivity index (χ4n) is 1.11. The maximum Gasteiger partial charge on any atom is 0.247 e. The van der Waals surface area contributed by atoms with Crippen LogP contribution in [0.1, 0.15) is 5.69 Å². The number of amides is 1. The number of aliphatic hydroxyl groups is 1. The second-order valence-corrected chi connectivity index (χ2v) is 3.22. The SMILES string of the molecule is COc1cccc(CNCC(O)C(N)=O)n1. The van der Waals surface area contributed by atoms with Crippen LogP contribution in [0.2, 0.25) is 0 Å². The highest BCUT2D eigenvalue weighted by Crippen LogP contribution is 2.05. The van der Waals surface area contributed by atoms with Crippen LogP contribution < -0.4 is 15.8 Å². The summed E-state index contributed by atoms with van der Waals surface area (Å²) in [5.74, 6) is -0.221. The van der Waals surface area contributed by atoms with Crippen molar-refractivity contribution in [2.24, 2.45) is 5.73 Å². The molecule has 0 aliphatic rings. The number of nitrogens with one attached hydrogen (secondary N) is 1. The fourth-order valence-corrected chi connectivity index (χ4v) is 1.11. The van der Waals surface area contributed by atoms with E-state index in [1.165, 1.54) is 7.11 Å². The van der Waals surface area contributed by atoms with E-state index in [-0.39, 0.29) is 6.54 Å². The van der Waals surface area contributed by atoms with Crippen molar-refractivity contribution in [1.29, 1.82) is 0 Å². The zero-order valence-corrected chi connectivity index (χ0v) is 9.01. The third kappa shape index (κ3) is 3.84. The summed E-state index contributed by atoms with van der Waals surface area (Å²) in [7, 11) is 1.54. The Morgan fingerprint density at radius 2 is 2.44 bits per heavy atom. The average molecular weight is 225 g/mol. The van der Waals surface area contributed by atoms with Gasteiger partial charge in [-0.2, -0.15) is 0 Å². The van der Waals surface area contributed by atoms with E-state index in [0.717, 1.165) is 5.69 Å². The van der Waals surface area contributed by atoms with Crippen LogP contribution in [0.4, 0.5) is 0 Å². The largest absolute Gasteiger partial charge is 0.481 e. The summed E-state index contributed by atoms with van der Waals surface area (Å²) in [5, 5.41) is 12.0. The lowest BCUT2D eigenvalue weighted by Crippen LogP contribution is -2.37. The Morgan fingerprint density at radius 1 is 1.69 bits per heavy atom. The summed E-state index contributed by atoms with van der Waals surface area (Å²) in [6.45, 7) is 0.537. The Kier molecular flexibility index (Phi) is 4.68. The van der Waals surface area contributed by atoms with Crippen LogP contribution >= 0.6 is 0 Å². The Hall–Kier alpha value is -1.66. The van der Waals surface area contributed by atoms with Gasteiger partial charge in [-0.3, -0.25) is 4.79 Å². The number of ether oxygens (including phenoxy) is 1. The third-order valence-electron chi connectivity index (χ3n) is 1.96. The highest BCUT2D eigenvalue weighted by atomic mass is 16.5. The first-order valence-corrected chi connectivity index (χ1v) is 4.81. The standard InChI is InChI=1S/C10H15N3O3/c1-16-9-4-2-3-7(13-9)5-12-6-8(14)10(11)15/h2-4,8,12,14H,5-6H2,1H3,(H2,11,15). The smallest absolute Gasteiger partial charge is 0.247 e. The van der Waals surface area contributed by atoms with Crippen LogP contribution in [-0.2, 0) is 11.3 Å². The molecule has 88 valence electrons. The minimum absolute atomic E-state index is 0.105. The molecule has 1 atom stereocenters. The number of hydrogen-bond acceptors (Lipinski definition) is 5. The van der Waals surface area contributed by atoms with Crippen molar-refractivity contribution in [2.75, 3.05) is 13.7 Å². The normalized spacial score (nSPS) is 12.1. The molecular weight excluding hydrogens is 210 g/mol. The van der Waals surface area contributed by atoms with Crippen LogP contribution in [0.15, 0.2) is 18.2 Å². The van der Waals surface area contributed by atoms with Crippen LogP contribution in [-0.4, -0.2) is 35.8 Å². The summed E-state index contributed by atoms with van der Waals surface area (Å²) >= 11 is 0. The first-order valence-electron chi connectivity index (χ1n) is 4.81. The zero-order chi connectivity index (χ0) is 12.0. The van der Waals surface area contributed by atoms with E-state index in [2.05, 4.69) is 10.3 Å². The molecule has 0 fully saturated rings. The van der Waals surface area contributed by atoms with E-state index in [1.54, 1.807) is 6.07 Å². The van der Waals surface area contributed by atoms with Crippen molar-refractivity contribution in [3.05, 3.63) is 23.9 Å². The molecule has 1 aromatic rings. The van der Waals surface area contributed by atoms with Gasteiger partial charge in [-0.15, -0.1) is 0 Å². The Bertz CT molecular complexity index is 357. The number of aliphatic hydroxyl groups excluding tert-OH is 1. The number of primary amides is 1. The summed E-state index contributed by atoms with van der Waals surface area (Å²) < 4.78 is 4.96. The van der Waals surface area contributed by atoms with E-state index in [4.69, 9.17) is 15.6 Å². The van der Waals surface area contributed by atoms with Crippen molar-refractivity contribution < 1.29 is 14.6 Å². The van der Waals surface area contributed by atoms with Gasteiger partial charge in [-0.1, -0.05) is 6.07 Å². The summed E-state index contributed by atoms with van der Waals surface area (Å²) in [6.07, 6.45) is -1.18. The quantitative estimate of drug-likeness (QED) is 0.578. The number of rotatable bonds is 6. The fraction of sp³-hybridized carbons (Fsp3) is 0.400.